The number of esters is 1. The number of ether oxygens (including phenoxy) is 5. The predicted molar refractivity (Wildman–Crippen MR) is 295 cm³/mol. The average Bonchev–Trinajstić information content (AvgIpc) is 4.43. The molecule has 6 bridgehead atoms. The van der Waals surface area contributed by atoms with E-state index < -0.39 is 29.5 Å². The van der Waals surface area contributed by atoms with Crippen molar-refractivity contribution in [3.8, 4) is 22.5 Å². The van der Waals surface area contributed by atoms with E-state index in [1.54, 1.807) is 23.5 Å². The van der Waals surface area contributed by atoms with Crippen molar-refractivity contribution in [3.05, 3.63) is 52.1 Å². The lowest BCUT2D eigenvalue weighted by Crippen LogP contribution is -2.66. The number of piperazine rings is 1. The predicted octanol–water partition coefficient (Wildman–Crippen LogP) is 7.18. The van der Waals surface area contributed by atoms with E-state index in [1.807, 2.05) is 6.20 Å². The molecule has 7 atom stereocenters. The van der Waals surface area contributed by atoms with E-state index in [4.69, 9.17) is 33.7 Å². The highest BCUT2D eigenvalue weighted by atomic mass is 32.1. The van der Waals surface area contributed by atoms with Crippen molar-refractivity contribution in [2.75, 3.05) is 97.5 Å². The Bertz CT molecular complexity index is 2800. The first-order chi connectivity index (χ1) is 37.3. The number of likely N-dealkylation sites (tertiary alicyclic amines) is 1. The molecule has 2 aliphatic carbocycles. The van der Waals surface area contributed by atoms with Gasteiger partial charge < -0.3 is 38.5 Å². The van der Waals surface area contributed by atoms with Crippen LogP contribution < -0.4 is 15.6 Å². The number of cyclic esters (lactones) is 1. The summed E-state index contributed by atoms with van der Waals surface area (Å²) in [7, 11) is 1.75. The molecule has 1 spiro atoms. The van der Waals surface area contributed by atoms with Gasteiger partial charge in [-0.2, -0.15) is 0 Å². The van der Waals surface area contributed by atoms with Gasteiger partial charge in [-0.25, -0.2) is 10.4 Å². The van der Waals surface area contributed by atoms with Gasteiger partial charge in [0.05, 0.1) is 60.4 Å². The second kappa shape index (κ2) is 21.8. The van der Waals surface area contributed by atoms with Crippen LogP contribution in [0.25, 0.3) is 33.4 Å². The molecule has 6 aliphatic heterocycles. The first-order valence-corrected chi connectivity index (χ1v) is 29.8. The van der Waals surface area contributed by atoms with Crippen molar-refractivity contribution >= 4 is 45.7 Å². The van der Waals surface area contributed by atoms with Gasteiger partial charge in [0.25, 0.3) is 5.91 Å². The quantitative estimate of drug-likeness (QED) is 0.137. The first kappa shape index (κ1) is 53.1. The van der Waals surface area contributed by atoms with Crippen LogP contribution in [0.5, 0.6) is 0 Å². The van der Waals surface area contributed by atoms with Crippen molar-refractivity contribution in [2.24, 2.45) is 28.6 Å². The Morgan fingerprint density at radius 3 is 2.43 bits per heavy atom. The van der Waals surface area contributed by atoms with Gasteiger partial charge in [0.2, 0.25) is 5.91 Å². The molecule has 4 aromatic rings. The standard InChI is InChI=1S/C59H81N9O8S/c1-36-37(2)49(36)54(69)62-51-53(66-33-59(34-66)15-25-74-26-16-59)55-61-47(32-77-55)39-9-12-48-43(28-39)45(30-58(4,5)35-76-57(71)46-8-7-17-68(63-46)56(51)70)52(67(48)22-27-75-42-13-23-73-24-14-42)44-29-41(31-60-50(44)38(3)72-6)65-20-18-64(19-21-65)40-10-11-40/h9,12,28-29,31-32,36-38,40,42,46,49,51,53,63H,7-8,10-11,13-27,30,33-35H2,1-6H3,(H,62,69)/t36-,37+,38-,46-,49?,51-,53-/m0/s1. The van der Waals surface area contributed by atoms with E-state index in [0.29, 0.717) is 65.4 Å². The summed E-state index contributed by atoms with van der Waals surface area (Å²) in [6.07, 6.45) is 9.79. The number of hydrazine groups is 1. The Morgan fingerprint density at radius 2 is 1.70 bits per heavy atom. The highest BCUT2D eigenvalue weighted by molar-refractivity contribution is 7.10. The van der Waals surface area contributed by atoms with Gasteiger partial charge in [-0.3, -0.25) is 34.2 Å². The molecule has 1 unspecified atom stereocenters. The molecule has 0 radical (unpaired) electrons. The molecule has 2 saturated carbocycles. The lowest BCUT2D eigenvalue weighted by atomic mass is 9.72. The molecule has 3 aromatic heterocycles. The summed E-state index contributed by atoms with van der Waals surface area (Å²) in [6, 6.07) is 7.53. The van der Waals surface area contributed by atoms with E-state index >= 15 is 4.79 Å². The Kier molecular flexibility index (Phi) is 15.1. The van der Waals surface area contributed by atoms with E-state index in [-0.39, 0.29) is 53.8 Å². The van der Waals surface area contributed by atoms with Crippen LogP contribution in [-0.2, 0) is 51.0 Å². The Hall–Kier alpha value is -4.53. The number of amides is 2. The largest absolute Gasteiger partial charge is 0.464 e. The maximum absolute atomic E-state index is 15.3. The Balaban J connectivity index is 1.00. The van der Waals surface area contributed by atoms with Crippen LogP contribution in [0.1, 0.15) is 114 Å². The summed E-state index contributed by atoms with van der Waals surface area (Å²) in [4.78, 5) is 62.4. The smallest absolute Gasteiger partial charge is 0.324 e. The number of thiazole rings is 1. The molecule has 2 amide bonds. The topological polar surface area (TPSA) is 165 Å². The monoisotopic (exact) mass is 1080 g/mol. The first-order valence-electron chi connectivity index (χ1n) is 29.0. The van der Waals surface area contributed by atoms with Crippen LogP contribution in [0, 0.1) is 28.6 Å². The van der Waals surface area contributed by atoms with Crippen LogP contribution in [0.3, 0.4) is 0 Å². The maximum atomic E-state index is 15.3. The number of fused-ring (bicyclic) bond motifs is 6. The molecule has 2 N–H and O–H groups in total. The summed E-state index contributed by atoms with van der Waals surface area (Å²) in [5.41, 5.74) is 10.9. The summed E-state index contributed by atoms with van der Waals surface area (Å²) < 4.78 is 33.2. The molecule has 8 aliphatic rings. The van der Waals surface area contributed by atoms with Crippen molar-refractivity contribution in [2.45, 2.75) is 135 Å². The number of hydrogen-bond donors (Lipinski definition) is 2. The fraction of sp³-hybridized carbons (Fsp3) is 0.678. The van der Waals surface area contributed by atoms with Crippen molar-refractivity contribution < 1.29 is 38.1 Å². The minimum Gasteiger partial charge on any atom is -0.464 e. The van der Waals surface area contributed by atoms with Crippen molar-refractivity contribution in [3.63, 3.8) is 0 Å². The molecule has 12 rings (SSSR count). The SMILES string of the molecule is CO[C@@H](C)c1ncc(N2CCN(C3CC3)CC2)cc1-c1c2c3cc(ccc3n1CCOC1CCOCC1)-c1csc(n1)[C@@H](N1CC3(CCOCC3)C1)[C@H](NC(=O)C1[C@@H](C)[C@H]1C)C(=O)N1CCC[C@H](N1)C(=O)OCC(C)(C)C2. The molecular formula is C59H81N9O8S. The number of carbonyl (C=O) groups excluding carboxylic acids is 3. The maximum Gasteiger partial charge on any atom is 0.324 e. The number of rotatable bonds is 12. The lowest BCUT2D eigenvalue weighted by molar-refractivity contribution is -0.157. The summed E-state index contributed by atoms with van der Waals surface area (Å²) in [5.74, 6) is -0.512. The third kappa shape index (κ3) is 10.8. The zero-order valence-electron chi connectivity index (χ0n) is 46.2. The number of methoxy groups -OCH3 is 1. The number of benzene rings is 1. The van der Waals surface area contributed by atoms with Gasteiger partial charge in [-0.15, -0.1) is 11.3 Å². The zero-order chi connectivity index (χ0) is 53.2. The average molecular weight is 1080 g/mol. The van der Waals surface area contributed by atoms with Crippen LogP contribution >= 0.6 is 11.3 Å². The van der Waals surface area contributed by atoms with E-state index in [0.717, 1.165) is 126 Å². The number of carbonyl (C=O) groups is 3. The molecular weight excluding hydrogens is 995 g/mol. The number of aromatic nitrogens is 3. The molecule has 17 nitrogen and oxygen atoms in total. The van der Waals surface area contributed by atoms with Crippen LogP contribution in [-0.4, -0.2) is 164 Å². The minimum absolute atomic E-state index is 0.0800. The molecule has 18 heteroatoms. The number of pyridine rings is 1. The van der Waals surface area contributed by atoms with Gasteiger partial charge in [-0.05, 0) is 100 Å². The molecule has 5 saturated heterocycles. The van der Waals surface area contributed by atoms with Gasteiger partial charge in [-0.1, -0.05) is 33.8 Å². The third-order valence-electron chi connectivity index (χ3n) is 18.7. The molecule has 7 fully saturated rings. The van der Waals surface area contributed by atoms with E-state index in [9.17, 15) is 9.59 Å². The van der Waals surface area contributed by atoms with Crippen molar-refractivity contribution in [1.82, 2.24) is 40.1 Å². The van der Waals surface area contributed by atoms with Gasteiger partial charge >= 0.3 is 5.97 Å². The van der Waals surface area contributed by atoms with E-state index in [2.05, 4.69) is 94.3 Å². The number of nitrogens with zero attached hydrogens (tertiary/aromatic N) is 7. The number of nitrogens with one attached hydrogen (secondary N) is 2. The number of hydrogen-bond acceptors (Lipinski definition) is 15. The highest BCUT2D eigenvalue weighted by Gasteiger charge is 2.54. The second-order valence-electron chi connectivity index (χ2n) is 24.7. The zero-order valence-corrected chi connectivity index (χ0v) is 47.0. The highest BCUT2D eigenvalue weighted by Crippen LogP contribution is 2.49. The van der Waals surface area contributed by atoms with Crippen molar-refractivity contribution in [1.29, 1.82) is 0 Å². The normalized spacial score (nSPS) is 28.8. The summed E-state index contributed by atoms with van der Waals surface area (Å²) in [5, 5.41) is 8.89. The van der Waals surface area contributed by atoms with Crippen LogP contribution in [0.2, 0.25) is 0 Å². The summed E-state index contributed by atoms with van der Waals surface area (Å²) >= 11 is 1.55. The van der Waals surface area contributed by atoms with Gasteiger partial charge in [0.15, 0.2) is 0 Å². The van der Waals surface area contributed by atoms with Gasteiger partial charge in [0.1, 0.15) is 17.1 Å². The molecule has 9 heterocycles. The Labute approximate surface area is 458 Å². The minimum atomic E-state index is -0.956. The second-order valence-corrected chi connectivity index (χ2v) is 25.6. The van der Waals surface area contributed by atoms with Gasteiger partial charge in [0, 0.05) is 136 Å². The fourth-order valence-electron chi connectivity index (χ4n) is 13.5. The Morgan fingerprint density at radius 1 is 0.948 bits per heavy atom. The third-order valence-corrected chi connectivity index (χ3v) is 19.7. The molecule has 1 aromatic carbocycles. The molecule has 416 valence electrons. The number of anilines is 1. The fourth-order valence-corrected chi connectivity index (χ4v) is 14.5. The van der Waals surface area contributed by atoms with Crippen LogP contribution in [0.4, 0.5) is 5.69 Å². The van der Waals surface area contributed by atoms with E-state index in [1.165, 1.54) is 12.8 Å². The van der Waals surface area contributed by atoms with Crippen LogP contribution in [0.15, 0.2) is 35.8 Å². The summed E-state index contributed by atoms with van der Waals surface area (Å²) in [6.45, 7) is 20.6. The lowest BCUT2D eigenvalue weighted by Gasteiger charge is -2.55. The molecule has 77 heavy (non-hydrogen) atoms.